The van der Waals surface area contributed by atoms with Crippen LogP contribution in [-0.2, 0) is 4.79 Å². The Bertz CT molecular complexity index is 327. The molecule has 0 amide bonds. The van der Waals surface area contributed by atoms with Gasteiger partial charge in [0.25, 0.3) is 0 Å². The van der Waals surface area contributed by atoms with Crippen LogP contribution in [0.2, 0.25) is 0 Å². The van der Waals surface area contributed by atoms with E-state index >= 15 is 0 Å². The fourth-order valence-corrected chi connectivity index (χ4v) is 2.19. The molecule has 0 aromatic carbocycles. The van der Waals surface area contributed by atoms with E-state index in [0.717, 1.165) is 25.7 Å². The zero-order chi connectivity index (χ0) is 16.3. The van der Waals surface area contributed by atoms with E-state index in [9.17, 15) is 4.79 Å². The van der Waals surface area contributed by atoms with Crippen molar-refractivity contribution in [3.63, 3.8) is 0 Å². The first kappa shape index (κ1) is 20.7. The van der Waals surface area contributed by atoms with Crippen LogP contribution in [-0.4, -0.2) is 11.1 Å². The number of allylic oxidation sites excluding steroid dienone is 6. The number of hydrogen-bond donors (Lipinski definition) is 1. The Morgan fingerprint density at radius 3 is 1.82 bits per heavy atom. The highest BCUT2D eigenvalue weighted by molar-refractivity contribution is 5.66. The second kappa shape index (κ2) is 17.7. The number of carboxylic acids is 1. The molecule has 0 radical (unpaired) electrons. The Morgan fingerprint density at radius 1 is 0.727 bits per heavy atom. The molecule has 0 unspecified atom stereocenters. The normalized spacial score (nSPS) is 12.0. The van der Waals surface area contributed by atoms with Gasteiger partial charge in [-0.2, -0.15) is 0 Å². The minimum Gasteiger partial charge on any atom is -0.481 e. The van der Waals surface area contributed by atoms with Gasteiger partial charge in [0.2, 0.25) is 0 Å². The third-order valence-electron chi connectivity index (χ3n) is 3.53. The zero-order valence-corrected chi connectivity index (χ0v) is 14.3. The SMILES string of the molecule is CCCCCCCCC=CCC=CC/C=C\CCCC(=O)O. The molecule has 0 spiro atoms. The average molecular weight is 306 g/mol. The lowest BCUT2D eigenvalue weighted by molar-refractivity contribution is -0.137. The number of carboxylic acid groups (broad SMARTS) is 1. The number of aliphatic carboxylic acids is 1. The van der Waals surface area contributed by atoms with Crippen molar-refractivity contribution < 1.29 is 9.90 Å². The van der Waals surface area contributed by atoms with E-state index in [4.69, 9.17) is 5.11 Å². The molecule has 0 aliphatic heterocycles. The summed E-state index contributed by atoms with van der Waals surface area (Å²) in [6.07, 6.45) is 26.3. The van der Waals surface area contributed by atoms with E-state index in [1.807, 2.05) is 0 Å². The summed E-state index contributed by atoms with van der Waals surface area (Å²) in [5.41, 5.74) is 0. The summed E-state index contributed by atoms with van der Waals surface area (Å²) < 4.78 is 0. The van der Waals surface area contributed by atoms with Gasteiger partial charge < -0.3 is 5.11 Å². The summed E-state index contributed by atoms with van der Waals surface area (Å²) in [7, 11) is 0. The van der Waals surface area contributed by atoms with Crippen molar-refractivity contribution in [2.24, 2.45) is 0 Å². The van der Waals surface area contributed by atoms with Crippen molar-refractivity contribution in [2.45, 2.75) is 84.0 Å². The number of rotatable bonds is 15. The number of carbonyl (C=O) groups is 1. The first-order valence-corrected chi connectivity index (χ1v) is 8.94. The Balaban J connectivity index is 3.30. The van der Waals surface area contributed by atoms with Gasteiger partial charge in [-0.05, 0) is 38.5 Å². The molecule has 0 aliphatic carbocycles. The standard InChI is InChI=1S/C20H34O2/c1-2-3-4-5-6-7-8-9-10-11-12-13-14-15-16-17-18-19-20(21)22/h9-10,12-13,15-16H,2-8,11,14,17-19H2,1H3,(H,21,22)/b10-9?,13-12?,16-15-. The Morgan fingerprint density at radius 2 is 1.23 bits per heavy atom. The van der Waals surface area contributed by atoms with Gasteiger partial charge in [0.05, 0.1) is 0 Å². The van der Waals surface area contributed by atoms with Crippen LogP contribution >= 0.6 is 0 Å². The number of hydrogen-bond acceptors (Lipinski definition) is 1. The molecule has 2 heteroatoms. The molecule has 0 aromatic rings. The molecule has 0 aromatic heterocycles. The summed E-state index contributed by atoms with van der Waals surface area (Å²) in [5.74, 6) is -0.707. The van der Waals surface area contributed by atoms with Crippen molar-refractivity contribution in [1.29, 1.82) is 0 Å². The highest BCUT2D eigenvalue weighted by Gasteiger charge is 1.92. The van der Waals surface area contributed by atoms with Gasteiger partial charge in [-0.3, -0.25) is 4.79 Å². The second-order valence-electron chi connectivity index (χ2n) is 5.73. The molecule has 0 saturated heterocycles. The summed E-state index contributed by atoms with van der Waals surface area (Å²) in [6.45, 7) is 2.26. The Labute approximate surface area is 137 Å². The minimum absolute atomic E-state index is 0.267. The molecule has 1 N–H and O–H groups in total. The molecule has 0 fully saturated rings. The van der Waals surface area contributed by atoms with Gasteiger partial charge in [-0.1, -0.05) is 75.5 Å². The average Bonchev–Trinajstić information content (AvgIpc) is 2.50. The molecule has 0 bridgehead atoms. The third-order valence-corrected chi connectivity index (χ3v) is 3.53. The molecule has 22 heavy (non-hydrogen) atoms. The highest BCUT2D eigenvalue weighted by Crippen LogP contribution is 2.07. The molecular weight excluding hydrogens is 272 g/mol. The lowest BCUT2D eigenvalue weighted by Crippen LogP contribution is -1.92. The summed E-state index contributed by atoms with van der Waals surface area (Å²) in [6, 6.07) is 0. The number of unbranched alkanes of at least 4 members (excludes halogenated alkanes) is 7. The van der Waals surface area contributed by atoms with E-state index in [1.165, 1.54) is 44.9 Å². The Hall–Kier alpha value is -1.31. The summed E-state index contributed by atoms with van der Waals surface area (Å²) in [4.78, 5) is 10.3. The van der Waals surface area contributed by atoms with E-state index in [-0.39, 0.29) is 6.42 Å². The van der Waals surface area contributed by atoms with E-state index < -0.39 is 5.97 Å². The summed E-state index contributed by atoms with van der Waals surface area (Å²) >= 11 is 0. The van der Waals surface area contributed by atoms with Crippen LogP contribution in [0.4, 0.5) is 0 Å². The highest BCUT2D eigenvalue weighted by atomic mass is 16.4. The van der Waals surface area contributed by atoms with Crippen LogP contribution in [0.1, 0.15) is 84.0 Å². The van der Waals surface area contributed by atoms with Gasteiger partial charge in [0.1, 0.15) is 0 Å². The molecule has 0 aliphatic rings. The van der Waals surface area contributed by atoms with Crippen LogP contribution in [0.3, 0.4) is 0 Å². The molecule has 0 heterocycles. The fourth-order valence-electron chi connectivity index (χ4n) is 2.19. The molecule has 0 rings (SSSR count). The smallest absolute Gasteiger partial charge is 0.303 e. The summed E-state index contributed by atoms with van der Waals surface area (Å²) in [5, 5.41) is 8.50. The van der Waals surface area contributed by atoms with Gasteiger partial charge in [0, 0.05) is 6.42 Å². The minimum atomic E-state index is -0.707. The largest absolute Gasteiger partial charge is 0.481 e. The lowest BCUT2D eigenvalue weighted by atomic mass is 10.1. The van der Waals surface area contributed by atoms with E-state index in [2.05, 4.69) is 43.4 Å². The fraction of sp³-hybridized carbons (Fsp3) is 0.650. The molecule has 126 valence electrons. The predicted octanol–water partition coefficient (Wildman–Crippen LogP) is 6.44. The van der Waals surface area contributed by atoms with Gasteiger partial charge >= 0.3 is 5.97 Å². The van der Waals surface area contributed by atoms with Crippen LogP contribution in [0.15, 0.2) is 36.5 Å². The quantitative estimate of drug-likeness (QED) is 0.279. The van der Waals surface area contributed by atoms with Crippen LogP contribution in [0.25, 0.3) is 0 Å². The molecule has 2 nitrogen and oxygen atoms in total. The van der Waals surface area contributed by atoms with Crippen molar-refractivity contribution in [3.05, 3.63) is 36.5 Å². The zero-order valence-electron chi connectivity index (χ0n) is 14.3. The third kappa shape index (κ3) is 18.7. The van der Waals surface area contributed by atoms with Crippen LogP contribution in [0.5, 0.6) is 0 Å². The maximum atomic E-state index is 10.3. The maximum Gasteiger partial charge on any atom is 0.303 e. The Kier molecular flexibility index (Phi) is 16.7. The van der Waals surface area contributed by atoms with Gasteiger partial charge in [0.15, 0.2) is 0 Å². The van der Waals surface area contributed by atoms with Crippen LogP contribution < -0.4 is 0 Å². The van der Waals surface area contributed by atoms with Crippen molar-refractivity contribution in [2.75, 3.05) is 0 Å². The van der Waals surface area contributed by atoms with Crippen molar-refractivity contribution in [1.82, 2.24) is 0 Å². The topological polar surface area (TPSA) is 37.3 Å². The van der Waals surface area contributed by atoms with Gasteiger partial charge in [-0.15, -0.1) is 0 Å². The molecular formula is C20H34O2. The molecule has 0 saturated carbocycles. The van der Waals surface area contributed by atoms with Gasteiger partial charge in [-0.25, -0.2) is 0 Å². The van der Waals surface area contributed by atoms with Crippen molar-refractivity contribution in [3.8, 4) is 0 Å². The lowest BCUT2D eigenvalue weighted by Gasteiger charge is -1.97. The molecule has 0 atom stereocenters. The van der Waals surface area contributed by atoms with Crippen molar-refractivity contribution >= 4 is 5.97 Å². The van der Waals surface area contributed by atoms with Crippen LogP contribution in [0, 0.1) is 0 Å². The monoisotopic (exact) mass is 306 g/mol. The van der Waals surface area contributed by atoms with E-state index in [1.54, 1.807) is 0 Å². The predicted molar refractivity (Wildman–Crippen MR) is 96.1 cm³/mol. The van der Waals surface area contributed by atoms with E-state index in [0.29, 0.717) is 0 Å². The first-order valence-electron chi connectivity index (χ1n) is 8.94. The first-order chi connectivity index (χ1) is 10.8. The second-order valence-corrected chi connectivity index (χ2v) is 5.73. The maximum absolute atomic E-state index is 10.3.